The second-order valence-corrected chi connectivity index (χ2v) is 3.07. The lowest BCUT2D eigenvalue weighted by Crippen LogP contribution is -2.63. The summed E-state index contributed by atoms with van der Waals surface area (Å²) in [5.74, 6) is -18.8. The van der Waals surface area contributed by atoms with Crippen molar-refractivity contribution in [2.75, 3.05) is 0 Å². The van der Waals surface area contributed by atoms with Gasteiger partial charge in [0.1, 0.15) is 0 Å². The molecule has 0 aromatic carbocycles. The predicted octanol–water partition coefficient (Wildman–Crippen LogP) is 3.39. The molecule has 0 saturated carbocycles. The van der Waals surface area contributed by atoms with E-state index in [1.807, 2.05) is 0 Å². The van der Waals surface area contributed by atoms with E-state index in [1.165, 1.54) is 0 Å². The maximum Gasteiger partial charge on any atom is 0.491 e. The fraction of sp³-hybridized carbons (Fsp3) is 0.833. The molecule has 1 amide bonds. The van der Waals surface area contributed by atoms with Crippen molar-refractivity contribution in [1.29, 1.82) is 0 Å². The molecule has 14 heteroatoms. The van der Waals surface area contributed by atoms with Crippen LogP contribution >= 0.6 is 0 Å². The van der Waals surface area contributed by atoms with Gasteiger partial charge < -0.3 is 0 Å². The summed E-state index contributed by atoms with van der Waals surface area (Å²) >= 11 is 0. The van der Waals surface area contributed by atoms with Crippen LogP contribution in [0.3, 0.4) is 0 Å². The Morgan fingerprint density at radius 1 is 0.800 bits per heavy atom. The van der Waals surface area contributed by atoms with E-state index in [0.29, 0.717) is 0 Å². The third kappa shape index (κ3) is 3.03. The predicted molar refractivity (Wildman–Crippen MR) is 34.9 cm³/mol. The summed E-state index contributed by atoms with van der Waals surface area (Å²) in [6.45, 7) is -5.10. The fourth-order valence-electron chi connectivity index (χ4n) is 0.778. The Morgan fingerprint density at radius 2 is 1.15 bits per heavy atom. The molecule has 0 aromatic heterocycles. The molecule has 0 unspecified atom stereocenters. The highest BCUT2D eigenvalue weighted by atomic mass is 19.4. The highest BCUT2D eigenvalue weighted by Gasteiger charge is 2.78. The van der Waals surface area contributed by atoms with Crippen LogP contribution in [0.25, 0.3) is 0 Å². The third-order valence-corrected chi connectivity index (χ3v) is 1.71. The van der Waals surface area contributed by atoms with E-state index in [2.05, 4.69) is 0 Å². The molecule has 120 valence electrons. The maximum atomic E-state index is 12.5. The summed E-state index contributed by atoms with van der Waals surface area (Å²) in [6.07, 6.45) is -13.7. The number of nitrogens with zero attached hydrogens (tertiary/aromatic N) is 1. The summed E-state index contributed by atoms with van der Waals surface area (Å²) < 4.78 is 143. The Bertz CT molecular complexity index is 367. The fourth-order valence-corrected chi connectivity index (χ4v) is 0.778. The van der Waals surface area contributed by atoms with Crippen molar-refractivity contribution in [2.45, 2.75) is 30.9 Å². The number of halogens is 12. The highest BCUT2D eigenvalue weighted by molar-refractivity contribution is 5.85. The second-order valence-electron chi connectivity index (χ2n) is 3.07. The standard InChI is InChI=1S/C6HF12NO/c7-2(8)19(6(16,17)18)1(20)3(9,10)4(11,12)5(13,14)15/h2H. The quantitative estimate of drug-likeness (QED) is 0.573. The van der Waals surface area contributed by atoms with Crippen molar-refractivity contribution >= 4 is 5.91 Å². The smallest absolute Gasteiger partial charge is 0.267 e. The minimum Gasteiger partial charge on any atom is -0.267 e. The van der Waals surface area contributed by atoms with E-state index in [1.54, 1.807) is 0 Å². The lowest BCUT2D eigenvalue weighted by atomic mass is 10.1. The van der Waals surface area contributed by atoms with Crippen LogP contribution in [0, 0.1) is 0 Å². The van der Waals surface area contributed by atoms with Crippen LogP contribution in [-0.4, -0.2) is 41.7 Å². The minimum absolute atomic E-state index is 3.02. The number of alkyl halides is 12. The average Bonchev–Trinajstić information content (AvgIpc) is 2.11. The zero-order valence-corrected chi connectivity index (χ0v) is 8.47. The molecule has 0 spiro atoms. The molecule has 0 aliphatic rings. The zero-order chi connectivity index (χ0) is 16.7. The van der Waals surface area contributed by atoms with Crippen molar-refractivity contribution in [3.63, 3.8) is 0 Å². The van der Waals surface area contributed by atoms with Gasteiger partial charge in [0.25, 0.3) is 0 Å². The summed E-state index contributed by atoms with van der Waals surface area (Å²) in [6, 6.07) is 0. The Kier molecular flexibility index (Phi) is 4.54. The van der Waals surface area contributed by atoms with Crippen LogP contribution in [0.4, 0.5) is 52.7 Å². The molecular weight excluding hydrogens is 330 g/mol. The van der Waals surface area contributed by atoms with Crippen LogP contribution in [0.15, 0.2) is 0 Å². The SMILES string of the molecule is O=C(N(C(F)F)C(F)(F)F)C(F)(F)C(F)(F)C(F)(F)F. The van der Waals surface area contributed by atoms with Gasteiger partial charge in [0.15, 0.2) is 0 Å². The maximum absolute atomic E-state index is 12.5. The van der Waals surface area contributed by atoms with Gasteiger partial charge in [0, 0.05) is 0 Å². The molecule has 0 aliphatic carbocycles. The Hall–Kier alpha value is -1.37. The van der Waals surface area contributed by atoms with E-state index in [9.17, 15) is 57.5 Å². The monoisotopic (exact) mass is 331 g/mol. The van der Waals surface area contributed by atoms with E-state index in [0.717, 1.165) is 0 Å². The first-order valence-electron chi connectivity index (χ1n) is 3.99. The Morgan fingerprint density at radius 3 is 1.35 bits per heavy atom. The van der Waals surface area contributed by atoms with Gasteiger partial charge in [-0.2, -0.15) is 44.4 Å². The van der Waals surface area contributed by atoms with Crippen molar-refractivity contribution in [1.82, 2.24) is 4.90 Å². The van der Waals surface area contributed by atoms with Crippen molar-refractivity contribution in [3.05, 3.63) is 0 Å². The number of carbonyl (C=O) groups excluding carboxylic acids is 1. The zero-order valence-electron chi connectivity index (χ0n) is 8.47. The first kappa shape index (κ1) is 18.6. The van der Waals surface area contributed by atoms with Crippen LogP contribution in [0.5, 0.6) is 0 Å². The van der Waals surface area contributed by atoms with Gasteiger partial charge >= 0.3 is 36.8 Å². The van der Waals surface area contributed by atoms with Crippen LogP contribution < -0.4 is 0 Å². The number of carbonyl (C=O) groups is 1. The normalized spacial score (nSPS) is 14.7. The molecule has 0 aliphatic heterocycles. The summed E-state index contributed by atoms with van der Waals surface area (Å²) in [7, 11) is 0. The van der Waals surface area contributed by atoms with Gasteiger partial charge in [0.2, 0.25) is 0 Å². The minimum atomic E-state index is -7.27. The van der Waals surface area contributed by atoms with E-state index in [-0.39, 0.29) is 0 Å². The highest BCUT2D eigenvalue weighted by Crippen LogP contribution is 2.48. The number of hydrogen-bond acceptors (Lipinski definition) is 1. The molecule has 0 fully saturated rings. The van der Waals surface area contributed by atoms with Gasteiger partial charge in [-0.05, 0) is 0 Å². The van der Waals surface area contributed by atoms with Crippen molar-refractivity contribution < 1.29 is 57.5 Å². The first-order valence-corrected chi connectivity index (χ1v) is 3.99. The van der Waals surface area contributed by atoms with Gasteiger partial charge in [-0.15, -0.1) is 13.2 Å². The number of hydrogen-bond donors (Lipinski definition) is 0. The molecular formula is C6HF12NO. The van der Waals surface area contributed by atoms with Crippen LogP contribution in [0.1, 0.15) is 0 Å². The van der Waals surface area contributed by atoms with Crippen LogP contribution in [-0.2, 0) is 4.79 Å². The van der Waals surface area contributed by atoms with Gasteiger partial charge in [-0.1, -0.05) is 0 Å². The van der Waals surface area contributed by atoms with Gasteiger partial charge in [0.05, 0.1) is 0 Å². The second kappa shape index (κ2) is 4.87. The van der Waals surface area contributed by atoms with E-state index in [4.69, 9.17) is 0 Å². The molecule has 0 bridgehead atoms. The van der Waals surface area contributed by atoms with Gasteiger partial charge in [-0.3, -0.25) is 4.79 Å². The largest absolute Gasteiger partial charge is 0.491 e. The molecule has 0 saturated heterocycles. The first-order chi connectivity index (χ1) is 8.48. The summed E-state index contributed by atoms with van der Waals surface area (Å²) in [5, 5.41) is 0. The van der Waals surface area contributed by atoms with Crippen molar-refractivity contribution in [2.24, 2.45) is 0 Å². The topological polar surface area (TPSA) is 20.3 Å². The molecule has 0 heterocycles. The summed E-state index contributed by atoms with van der Waals surface area (Å²) in [4.78, 5) is 7.32. The molecule has 2 nitrogen and oxygen atoms in total. The third-order valence-electron chi connectivity index (χ3n) is 1.71. The van der Waals surface area contributed by atoms with E-state index < -0.39 is 41.7 Å². The Balaban J connectivity index is 5.78. The summed E-state index contributed by atoms with van der Waals surface area (Å²) in [5.41, 5.74) is 0. The van der Waals surface area contributed by atoms with E-state index >= 15 is 0 Å². The van der Waals surface area contributed by atoms with Crippen LogP contribution in [0.2, 0.25) is 0 Å². The average molecular weight is 331 g/mol. The molecule has 20 heavy (non-hydrogen) atoms. The molecule has 0 atom stereocenters. The lowest BCUT2D eigenvalue weighted by molar-refractivity contribution is -0.356. The Labute approximate surface area is 100 Å². The number of rotatable bonds is 3. The molecule has 0 aromatic rings. The van der Waals surface area contributed by atoms with Gasteiger partial charge in [-0.25, -0.2) is 0 Å². The molecule has 0 N–H and O–H groups in total. The lowest BCUT2D eigenvalue weighted by Gasteiger charge is -2.32. The molecule has 0 rings (SSSR count). The van der Waals surface area contributed by atoms with Crippen molar-refractivity contribution in [3.8, 4) is 0 Å². The number of amides is 1. The molecule has 0 radical (unpaired) electrons.